The number of fused-ring (bicyclic) bond motifs is 1. The highest BCUT2D eigenvalue weighted by Gasteiger charge is 2.34. The lowest BCUT2D eigenvalue weighted by Crippen LogP contribution is -2.16. The van der Waals surface area contributed by atoms with Crippen molar-refractivity contribution in [3.8, 4) is 0 Å². The number of hydrogen-bond donors (Lipinski definition) is 1. The molecule has 15 heavy (non-hydrogen) atoms. The van der Waals surface area contributed by atoms with Gasteiger partial charge in [0.25, 0.3) is 0 Å². The Balaban J connectivity index is 2.29. The van der Waals surface area contributed by atoms with E-state index in [0.717, 1.165) is 11.6 Å². The first-order valence-electron chi connectivity index (χ1n) is 4.54. The largest absolute Gasteiger partial charge is 0.508 e. The number of alkyl halides is 3. The Morgan fingerprint density at radius 2 is 2.00 bits per heavy atom. The molecule has 1 N–H and O–H groups in total. The Morgan fingerprint density at radius 1 is 1.27 bits per heavy atom. The third-order valence-electron chi connectivity index (χ3n) is 2.49. The van der Waals surface area contributed by atoms with E-state index >= 15 is 0 Å². The molecule has 0 spiro atoms. The summed E-state index contributed by atoms with van der Waals surface area (Å²) in [4.78, 5) is 0. The molecule has 2 rings (SSSR count). The molecule has 2 aliphatic carbocycles. The summed E-state index contributed by atoms with van der Waals surface area (Å²) in [5, 5.41) is 9.18. The van der Waals surface area contributed by atoms with Gasteiger partial charge < -0.3 is 5.11 Å². The molecule has 0 fully saturated rings. The molecule has 0 aromatic heterocycles. The minimum Gasteiger partial charge on any atom is -0.508 e. The fraction of sp³-hybridized carbons (Fsp3) is 0.273. The van der Waals surface area contributed by atoms with E-state index in [1.807, 2.05) is 0 Å². The van der Waals surface area contributed by atoms with Crippen molar-refractivity contribution >= 4 is 0 Å². The van der Waals surface area contributed by atoms with Crippen LogP contribution in [0.4, 0.5) is 13.2 Å². The summed E-state index contributed by atoms with van der Waals surface area (Å²) in [5.74, 6) is -0.141. The molecule has 0 radical (unpaired) electrons. The summed E-state index contributed by atoms with van der Waals surface area (Å²) in [6, 6.07) is 0. The van der Waals surface area contributed by atoms with Crippen LogP contribution in [0.2, 0.25) is 0 Å². The molecule has 80 valence electrons. The second-order valence-corrected chi connectivity index (χ2v) is 3.57. The van der Waals surface area contributed by atoms with Crippen molar-refractivity contribution in [2.75, 3.05) is 0 Å². The summed E-state index contributed by atoms with van der Waals surface area (Å²) in [6.45, 7) is 0. The third-order valence-corrected chi connectivity index (χ3v) is 2.49. The van der Waals surface area contributed by atoms with Crippen molar-refractivity contribution in [2.45, 2.75) is 12.6 Å². The second kappa shape index (κ2) is 3.29. The molecular weight excluding hydrogens is 205 g/mol. The topological polar surface area (TPSA) is 20.2 Å². The van der Waals surface area contributed by atoms with Crippen LogP contribution in [0.3, 0.4) is 0 Å². The smallest absolute Gasteiger partial charge is 0.416 e. The molecule has 0 aromatic rings. The first-order chi connectivity index (χ1) is 6.97. The van der Waals surface area contributed by atoms with E-state index < -0.39 is 11.7 Å². The maximum absolute atomic E-state index is 12.4. The number of allylic oxidation sites excluding steroid dienone is 7. The third kappa shape index (κ3) is 1.98. The van der Waals surface area contributed by atoms with Crippen molar-refractivity contribution < 1.29 is 18.3 Å². The number of hydrogen-bond acceptors (Lipinski definition) is 1. The Bertz CT molecular complexity index is 397. The fourth-order valence-corrected chi connectivity index (χ4v) is 1.70. The molecule has 1 atom stereocenters. The van der Waals surface area contributed by atoms with Crippen LogP contribution in [0.1, 0.15) is 6.42 Å². The van der Waals surface area contributed by atoms with E-state index in [9.17, 15) is 18.3 Å². The van der Waals surface area contributed by atoms with Gasteiger partial charge in [0.1, 0.15) is 5.76 Å². The highest BCUT2D eigenvalue weighted by atomic mass is 19.4. The Labute approximate surface area is 84.9 Å². The average molecular weight is 214 g/mol. The molecular formula is C11H9F3O. The molecule has 0 amide bonds. The summed E-state index contributed by atoms with van der Waals surface area (Å²) in [7, 11) is 0. The van der Waals surface area contributed by atoms with Crippen LogP contribution < -0.4 is 0 Å². The summed E-state index contributed by atoms with van der Waals surface area (Å²) < 4.78 is 37.1. The van der Waals surface area contributed by atoms with Gasteiger partial charge in [0.2, 0.25) is 0 Å². The molecule has 1 unspecified atom stereocenters. The number of aliphatic hydroxyl groups is 1. The highest BCUT2D eigenvalue weighted by Crippen LogP contribution is 2.36. The van der Waals surface area contributed by atoms with Crippen LogP contribution in [0, 0.1) is 5.92 Å². The van der Waals surface area contributed by atoms with Gasteiger partial charge in [0.15, 0.2) is 0 Å². The van der Waals surface area contributed by atoms with Crippen molar-refractivity contribution in [3.63, 3.8) is 0 Å². The van der Waals surface area contributed by atoms with Crippen LogP contribution in [0.25, 0.3) is 0 Å². The highest BCUT2D eigenvalue weighted by molar-refractivity contribution is 5.44. The molecule has 0 bridgehead atoms. The first kappa shape index (κ1) is 10.1. The van der Waals surface area contributed by atoms with E-state index in [1.165, 1.54) is 24.3 Å². The van der Waals surface area contributed by atoms with E-state index in [0.29, 0.717) is 6.42 Å². The number of halogens is 3. The minimum atomic E-state index is -4.29. The lowest BCUT2D eigenvalue weighted by atomic mass is 9.85. The average Bonchev–Trinajstić information content (AvgIpc) is 2.15. The Morgan fingerprint density at radius 3 is 2.67 bits per heavy atom. The molecule has 0 aromatic carbocycles. The van der Waals surface area contributed by atoms with E-state index in [1.54, 1.807) is 0 Å². The normalized spacial score (nSPS) is 25.3. The second-order valence-electron chi connectivity index (χ2n) is 3.57. The quantitative estimate of drug-likeness (QED) is 0.654. The van der Waals surface area contributed by atoms with Crippen LogP contribution in [-0.4, -0.2) is 11.3 Å². The van der Waals surface area contributed by atoms with Crippen molar-refractivity contribution in [3.05, 3.63) is 47.3 Å². The minimum absolute atomic E-state index is 0.120. The standard InChI is InChI=1S/C11H9F3O/c12-11(13,14)9-3-1-8-6-10(15)4-2-7(8)5-9/h1,3-7,15H,2H2. The van der Waals surface area contributed by atoms with Crippen LogP contribution in [0.15, 0.2) is 47.3 Å². The van der Waals surface area contributed by atoms with Crippen molar-refractivity contribution in [1.82, 2.24) is 0 Å². The first-order valence-corrected chi connectivity index (χ1v) is 4.54. The van der Waals surface area contributed by atoms with Gasteiger partial charge >= 0.3 is 6.18 Å². The molecule has 0 aliphatic heterocycles. The van der Waals surface area contributed by atoms with Crippen molar-refractivity contribution in [1.29, 1.82) is 0 Å². The molecule has 0 saturated carbocycles. The zero-order valence-corrected chi connectivity index (χ0v) is 7.75. The number of rotatable bonds is 0. The SMILES string of the molecule is OC1=CCC2C=C(C(F)(F)F)C=CC2=C1. The lowest BCUT2D eigenvalue weighted by molar-refractivity contribution is -0.0887. The van der Waals surface area contributed by atoms with Gasteiger partial charge in [-0.3, -0.25) is 0 Å². The molecule has 0 saturated heterocycles. The van der Waals surface area contributed by atoms with Gasteiger partial charge in [0.05, 0.1) is 5.57 Å². The van der Waals surface area contributed by atoms with E-state index in [-0.39, 0.29) is 11.7 Å². The van der Waals surface area contributed by atoms with Gasteiger partial charge in [-0.1, -0.05) is 18.2 Å². The monoisotopic (exact) mass is 214 g/mol. The predicted molar refractivity (Wildman–Crippen MR) is 50.2 cm³/mol. The van der Waals surface area contributed by atoms with E-state index in [4.69, 9.17) is 0 Å². The summed E-state index contributed by atoms with van der Waals surface area (Å²) in [5.41, 5.74) is 0.113. The summed E-state index contributed by atoms with van der Waals surface area (Å²) >= 11 is 0. The van der Waals surface area contributed by atoms with Gasteiger partial charge in [-0.15, -0.1) is 0 Å². The Hall–Kier alpha value is -1.45. The Kier molecular flexibility index (Phi) is 2.21. The molecule has 4 heteroatoms. The fourth-order valence-electron chi connectivity index (χ4n) is 1.70. The number of aliphatic hydroxyl groups excluding tert-OH is 1. The van der Waals surface area contributed by atoms with E-state index in [2.05, 4.69) is 0 Å². The van der Waals surface area contributed by atoms with Gasteiger partial charge in [0, 0.05) is 5.92 Å². The van der Waals surface area contributed by atoms with Crippen molar-refractivity contribution in [2.24, 2.45) is 5.92 Å². The van der Waals surface area contributed by atoms with Gasteiger partial charge in [-0.05, 0) is 24.1 Å². The zero-order valence-electron chi connectivity index (χ0n) is 7.75. The maximum atomic E-state index is 12.4. The van der Waals surface area contributed by atoms with Crippen LogP contribution in [-0.2, 0) is 0 Å². The maximum Gasteiger partial charge on any atom is 0.416 e. The molecule has 2 aliphatic rings. The lowest BCUT2D eigenvalue weighted by Gasteiger charge is -2.22. The van der Waals surface area contributed by atoms with Crippen LogP contribution >= 0.6 is 0 Å². The van der Waals surface area contributed by atoms with Gasteiger partial charge in [-0.2, -0.15) is 13.2 Å². The molecule has 0 heterocycles. The van der Waals surface area contributed by atoms with Crippen LogP contribution in [0.5, 0.6) is 0 Å². The van der Waals surface area contributed by atoms with Gasteiger partial charge in [-0.25, -0.2) is 0 Å². The molecule has 1 nitrogen and oxygen atoms in total. The summed E-state index contributed by atoms with van der Waals surface area (Å²) in [6.07, 6.45) is 2.81. The zero-order chi connectivity index (χ0) is 11.1. The predicted octanol–water partition coefficient (Wildman–Crippen LogP) is 3.43.